The van der Waals surface area contributed by atoms with Crippen LogP contribution in [0.1, 0.15) is 15.9 Å². The van der Waals surface area contributed by atoms with Crippen LogP contribution in [0.15, 0.2) is 83.8 Å². The molecule has 0 radical (unpaired) electrons. The highest BCUT2D eigenvalue weighted by atomic mass is 32.2. The van der Waals surface area contributed by atoms with Gasteiger partial charge in [0.2, 0.25) is 5.91 Å². The molecule has 9 heteroatoms. The fraction of sp³-hybridized carbons (Fsp3) is 0.0833. The lowest BCUT2D eigenvalue weighted by Gasteiger charge is -2.11. The van der Waals surface area contributed by atoms with Gasteiger partial charge in [-0.3, -0.25) is 9.52 Å². The molecule has 0 saturated heterocycles. The van der Waals surface area contributed by atoms with Gasteiger partial charge in [0, 0.05) is 11.8 Å². The molecule has 0 heterocycles. The number of nitrogens with one attached hydrogen (secondary N) is 2. The fourth-order valence-electron chi connectivity index (χ4n) is 2.85. The molecule has 3 aromatic rings. The molecule has 0 unspecified atom stereocenters. The van der Waals surface area contributed by atoms with E-state index in [9.17, 15) is 18.0 Å². The molecule has 0 saturated carbocycles. The molecule has 8 nitrogen and oxygen atoms in total. The third kappa shape index (κ3) is 6.20. The number of carbonyl (C=O) groups is 2. The second-order valence-electron chi connectivity index (χ2n) is 6.77. The molecule has 0 atom stereocenters. The molecular formula is C24H22N2O6S. The first-order chi connectivity index (χ1) is 15.8. The Morgan fingerprint density at radius 2 is 1.55 bits per heavy atom. The molecule has 0 aliphatic heterocycles. The Morgan fingerprint density at radius 1 is 0.879 bits per heavy atom. The Kier molecular flexibility index (Phi) is 7.47. The van der Waals surface area contributed by atoms with Gasteiger partial charge in [0.1, 0.15) is 5.75 Å². The highest BCUT2D eigenvalue weighted by Crippen LogP contribution is 2.26. The van der Waals surface area contributed by atoms with Gasteiger partial charge in [-0.15, -0.1) is 0 Å². The minimum atomic E-state index is -3.81. The zero-order chi connectivity index (χ0) is 23.8. The Bertz CT molecular complexity index is 1270. The van der Waals surface area contributed by atoms with Crippen molar-refractivity contribution in [1.82, 2.24) is 0 Å². The van der Waals surface area contributed by atoms with Crippen LogP contribution in [0, 0.1) is 0 Å². The smallest absolute Gasteiger partial charge is 0.337 e. The van der Waals surface area contributed by atoms with E-state index in [1.54, 1.807) is 66.7 Å². The van der Waals surface area contributed by atoms with Gasteiger partial charge in [-0.05, 0) is 60.2 Å². The third-order valence-corrected chi connectivity index (χ3v) is 5.92. The summed E-state index contributed by atoms with van der Waals surface area (Å²) in [4.78, 5) is 23.7. The number of hydrogen-bond donors (Lipinski definition) is 2. The molecule has 1 amide bonds. The molecule has 3 aromatic carbocycles. The Balaban J connectivity index is 1.63. The predicted molar refractivity (Wildman–Crippen MR) is 126 cm³/mol. The number of anilines is 2. The molecule has 0 aliphatic carbocycles. The molecule has 0 aromatic heterocycles. The minimum absolute atomic E-state index is 0.0701. The molecule has 170 valence electrons. The normalized spacial score (nSPS) is 11.1. The van der Waals surface area contributed by atoms with Crippen molar-refractivity contribution >= 4 is 39.4 Å². The standard InChI is InChI=1S/C24H22N2O6S/c1-31-22-6-4-3-5-21(22)26-33(29,30)20-14-7-17(8-15-20)9-16-23(27)25-19-12-10-18(11-13-19)24(28)32-2/h3-16,26H,1-2H3,(H,25,27)/b16-9+. The zero-order valence-electron chi connectivity index (χ0n) is 17.9. The number of benzene rings is 3. The number of hydrogen-bond acceptors (Lipinski definition) is 6. The van der Waals surface area contributed by atoms with E-state index < -0.39 is 16.0 Å². The average molecular weight is 467 g/mol. The van der Waals surface area contributed by atoms with Gasteiger partial charge in [-0.2, -0.15) is 0 Å². The summed E-state index contributed by atoms with van der Waals surface area (Å²) in [6, 6.07) is 19.0. The summed E-state index contributed by atoms with van der Waals surface area (Å²) in [7, 11) is -1.06. The highest BCUT2D eigenvalue weighted by molar-refractivity contribution is 7.92. The zero-order valence-corrected chi connectivity index (χ0v) is 18.8. The second kappa shape index (κ2) is 10.5. The number of esters is 1. The lowest BCUT2D eigenvalue weighted by Crippen LogP contribution is -2.13. The summed E-state index contributed by atoms with van der Waals surface area (Å²) >= 11 is 0. The summed E-state index contributed by atoms with van der Waals surface area (Å²) < 4.78 is 37.6. The summed E-state index contributed by atoms with van der Waals surface area (Å²) in [6.07, 6.45) is 2.88. The number of ether oxygens (including phenoxy) is 2. The maximum Gasteiger partial charge on any atom is 0.337 e. The SMILES string of the molecule is COC(=O)c1ccc(NC(=O)/C=C/c2ccc(S(=O)(=O)Nc3ccccc3OC)cc2)cc1. The van der Waals surface area contributed by atoms with Crippen molar-refractivity contribution in [1.29, 1.82) is 0 Å². The van der Waals surface area contributed by atoms with Gasteiger partial charge in [-0.1, -0.05) is 24.3 Å². The predicted octanol–water partition coefficient (Wildman–Crippen LogP) is 3.93. The van der Waals surface area contributed by atoms with Crippen LogP contribution in [0.2, 0.25) is 0 Å². The van der Waals surface area contributed by atoms with E-state index in [4.69, 9.17) is 4.74 Å². The minimum Gasteiger partial charge on any atom is -0.495 e. The second-order valence-corrected chi connectivity index (χ2v) is 8.45. The van der Waals surface area contributed by atoms with Gasteiger partial charge in [0.15, 0.2) is 0 Å². The fourth-order valence-corrected chi connectivity index (χ4v) is 3.92. The lowest BCUT2D eigenvalue weighted by molar-refractivity contribution is -0.111. The Morgan fingerprint density at radius 3 is 2.18 bits per heavy atom. The van der Waals surface area contributed by atoms with Crippen molar-refractivity contribution in [2.75, 3.05) is 24.3 Å². The third-order valence-electron chi connectivity index (χ3n) is 4.54. The van der Waals surface area contributed by atoms with Gasteiger partial charge in [-0.25, -0.2) is 13.2 Å². The maximum atomic E-state index is 12.7. The highest BCUT2D eigenvalue weighted by Gasteiger charge is 2.16. The number of methoxy groups -OCH3 is 2. The molecule has 0 bridgehead atoms. The van der Waals surface area contributed by atoms with Gasteiger partial charge in [0.25, 0.3) is 10.0 Å². The summed E-state index contributed by atoms with van der Waals surface area (Å²) in [5.41, 5.74) is 1.87. The van der Waals surface area contributed by atoms with Gasteiger partial charge in [0.05, 0.1) is 30.4 Å². The largest absolute Gasteiger partial charge is 0.495 e. The van der Waals surface area contributed by atoms with E-state index in [0.29, 0.717) is 28.3 Å². The van der Waals surface area contributed by atoms with Crippen molar-refractivity contribution in [2.24, 2.45) is 0 Å². The van der Waals surface area contributed by atoms with Crippen LogP contribution >= 0.6 is 0 Å². The van der Waals surface area contributed by atoms with Crippen LogP contribution in [0.3, 0.4) is 0 Å². The average Bonchev–Trinajstić information content (AvgIpc) is 2.83. The van der Waals surface area contributed by atoms with Crippen molar-refractivity contribution in [3.8, 4) is 5.75 Å². The first kappa shape index (κ1) is 23.6. The van der Waals surface area contributed by atoms with Crippen molar-refractivity contribution in [3.05, 3.63) is 90.0 Å². The summed E-state index contributed by atoms with van der Waals surface area (Å²) in [5.74, 6) is -0.432. The molecule has 0 aliphatic rings. The van der Waals surface area contributed by atoms with Crippen LogP contribution in [0.4, 0.5) is 11.4 Å². The number of para-hydroxylation sites is 2. The molecule has 0 spiro atoms. The quantitative estimate of drug-likeness (QED) is 0.384. The first-order valence-electron chi connectivity index (χ1n) is 9.76. The van der Waals surface area contributed by atoms with E-state index >= 15 is 0 Å². The summed E-state index contributed by atoms with van der Waals surface area (Å²) in [5, 5.41) is 2.67. The van der Waals surface area contributed by atoms with Crippen LogP contribution in [-0.4, -0.2) is 34.5 Å². The Hall–Kier alpha value is -4.11. The van der Waals surface area contributed by atoms with Gasteiger partial charge >= 0.3 is 5.97 Å². The van der Waals surface area contributed by atoms with Crippen LogP contribution < -0.4 is 14.8 Å². The first-order valence-corrected chi connectivity index (χ1v) is 11.2. The number of carbonyl (C=O) groups excluding carboxylic acids is 2. The topological polar surface area (TPSA) is 111 Å². The molecule has 3 rings (SSSR count). The van der Waals surface area contributed by atoms with Crippen molar-refractivity contribution in [2.45, 2.75) is 4.90 Å². The van der Waals surface area contributed by atoms with E-state index in [1.165, 1.54) is 32.4 Å². The molecule has 0 fully saturated rings. The molecular weight excluding hydrogens is 444 g/mol. The van der Waals surface area contributed by atoms with E-state index in [0.717, 1.165) is 0 Å². The number of rotatable bonds is 8. The number of amides is 1. The van der Waals surface area contributed by atoms with E-state index in [1.807, 2.05) is 0 Å². The Labute approximate surface area is 191 Å². The monoisotopic (exact) mass is 466 g/mol. The van der Waals surface area contributed by atoms with E-state index in [-0.39, 0.29) is 10.8 Å². The summed E-state index contributed by atoms with van der Waals surface area (Å²) in [6.45, 7) is 0. The lowest BCUT2D eigenvalue weighted by atomic mass is 10.2. The van der Waals surface area contributed by atoms with Crippen molar-refractivity contribution < 1.29 is 27.5 Å². The van der Waals surface area contributed by atoms with Crippen molar-refractivity contribution in [3.63, 3.8) is 0 Å². The van der Waals surface area contributed by atoms with Crippen LogP contribution in [-0.2, 0) is 19.6 Å². The van der Waals surface area contributed by atoms with Crippen LogP contribution in [0.25, 0.3) is 6.08 Å². The maximum absolute atomic E-state index is 12.7. The molecule has 33 heavy (non-hydrogen) atoms. The molecule has 2 N–H and O–H groups in total. The number of sulfonamides is 1. The van der Waals surface area contributed by atoms with Crippen LogP contribution in [0.5, 0.6) is 5.75 Å². The van der Waals surface area contributed by atoms with E-state index in [2.05, 4.69) is 14.8 Å². The van der Waals surface area contributed by atoms with Gasteiger partial charge < -0.3 is 14.8 Å².